The van der Waals surface area contributed by atoms with Crippen LogP contribution in [0.1, 0.15) is 19.8 Å². The highest BCUT2D eigenvalue weighted by Crippen LogP contribution is 1.86. The third-order valence-electron chi connectivity index (χ3n) is 1.05. The van der Waals surface area contributed by atoms with E-state index in [0.717, 1.165) is 12.8 Å². The molecule has 10 heavy (non-hydrogen) atoms. The molecule has 60 valence electrons. The van der Waals surface area contributed by atoms with Gasteiger partial charge in [0.05, 0.1) is 0 Å². The monoisotopic (exact) mass is 145 g/mol. The van der Waals surface area contributed by atoms with Crippen LogP contribution < -0.4 is 5.73 Å². The molecule has 0 radical (unpaired) electrons. The molecule has 0 aliphatic carbocycles. The van der Waals surface area contributed by atoms with E-state index in [0.29, 0.717) is 13.2 Å². The van der Waals surface area contributed by atoms with Gasteiger partial charge >= 0.3 is 0 Å². The fourth-order valence-electron chi connectivity index (χ4n) is 0.564. The SMILES string of the molecule is CC(=O)COCCCCN. The van der Waals surface area contributed by atoms with Crippen LogP contribution in [0, 0.1) is 0 Å². The minimum absolute atomic E-state index is 0.0766. The fourth-order valence-corrected chi connectivity index (χ4v) is 0.564. The van der Waals surface area contributed by atoms with Gasteiger partial charge in [0.25, 0.3) is 0 Å². The molecule has 0 unspecified atom stereocenters. The molecule has 0 rings (SSSR count). The summed E-state index contributed by atoms with van der Waals surface area (Å²) in [5.74, 6) is 0.0766. The lowest BCUT2D eigenvalue weighted by Crippen LogP contribution is -2.06. The van der Waals surface area contributed by atoms with Crippen molar-refractivity contribution < 1.29 is 9.53 Å². The molecule has 0 fully saturated rings. The van der Waals surface area contributed by atoms with E-state index in [4.69, 9.17) is 10.5 Å². The van der Waals surface area contributed by atoms with Crippen LogP contribution in [-0.2, 0) is 9.53 Å². The minimum Gasteiger partial charge on any atom is -0.374 e. The van der Waals surface area contributed by atoms with Crippen molar-refractivity contribution in [3.8, 4) is 0 Å². The Labute approximate surface area is 61.5 Å². The van der Waals surface area contributed by atoms with Gasteiger partial charge in [-0.2, -0.15) is 0 Å². The van der Waals surface area contributed by atoms with E-state index in [-0.39, 0.29) is 12.4 Å². The topological polar surface area (TPSA) is 52.3 Å². The number of ether oxygens (including phenoxy) is 1. The first kappa shape index (κ1) is 9.59. The van der Waals surface area contributed by atoms with Crippen molar-refractivity contribution in [2.45, 2.75) is 19.8 Å². The molecule has 0 aromatic heterocycles. The van der Waals surface area contributed by atoms with Gasteiger partial charge in [-0.1, -0.05) is 0 Å². The average molecular weight is 145 g/mol. The first-order valence-corrected chi connectivity index (χ1v) is 3.54. The number of hydrogen-bond donors (Lipinski definition) is 1. The second-order valence-electron chi connectivity index (χ2n) is 2.25. The zero-order valence-electron chi connectivity index (χ0n) is 6.43. The highest BCUT2D eigenvalue weighted by atomic mass is 16.5. The van der Waals surface area contributed by atoms with Crippen molar-refractivity contribution in [2.75, 3.05) is 19.8 Å². The normalized spacial score (nSPS) is 9.80. The molecule has 0 spiro atoms. The summed E-state index contributed by atoms with van der Waals surface area (Å²) in [4.78, 5) is 10.3. The molecular weight excluding hydrogens is 130 g/mol. The summed E-state index contributed by atoms with van der Waals surface area (Å²) in [5, 5.41) is 0. The van der Waals surface area contributed by atoms with Crippen LogP contribution in [0.15, 0.2) is 0 Å². The Morgan fingerprint density at radius 1 is 1.50 bits per heavy atom. The summed E-state index contributed by atoms with van der Waals surface area (Å²) in [6.45, 7) is 3.10. The van der Waals surface area contributed by atoms with Crippen LogP contribution in [0.5, 0.6) is 0 Å². The van der Waals surface area contributed by atoms with Gasteiger partial charge in [0, 0.05) is 6.61 Å². The van der Waals surface area contributed by atoms with Crippen molar-refractivity contribution in [2.24, 2.45) is 5.73 Å². The summed E-state index contributed by atoms with van der Waals surface area (Å²) >= 11 is 0. The molecule has 0 heterocycles. The number of rotatable bonds is 6. The molecule has 0 saturated carbocycles. The number of carbonyl (C=O) groups excluding carboxylic acids is 1. The summed E-state index contributed by atoms with van der Waals surface area (Å²) < 4.78 is 4.99. The zero-order valence-corrected chi connectivity index (χ0v) is 6.43. The number of unbranched alkanes of at least 4 members (excludes halogenated alkanes) is 1. The Balaban J connectivity index is 2.84. The molecule has 2 N–H and O–H groups in total. The lowest BCUT2D eigenvalue weighted by molar-refractivity contribution is -0.121. The van der Waals surface area contributed by atoms with Gasteiger partial charge in [-0.25, -0.2) is 0 Å². The Hall–Kier alpha value is -0.410. The molecule has 0 saturated heterocycles. The smallest absolute Gasteiger partial charge is 0.155 e. The van der Waals surface area contributed by atoms with E-state index < -0.39 is 0 Å². The Bertz CT molecular complexity index is 93.6. The maximum absolute atomic E-state index is 10.3. The maximum Gasteiger partial charge on any atom is 0.155 e. The standard InChI is InChI=1S/C7H15NO2/c1-7(9)6-10-5-3-2-4-8/h2-6,8H2,1H3. The number of hydrogen-bond acceptors (Lipinski definition) is 3. The predicted octanol–water partition coefficient (Wildman–Crippen LogP) is 0.331. The van der Waals surface area contributed by atoms with Crippen molar-refractivity contribution in [1.82, 2.24) is 0 Å². The van der Waals surface area contributed by atoms with Gasteiger partial charge in [0.1, 0.15) is 6.61 Å². The third-order valence-corrected chi connectivity index (χ3v) is 1.05. The number of ketones is 1. The Morgan fingerprint density at radius 3 is 2.70 bits per heavy atom. The third kappa shape index (κ3) is 7.59. The molecule has 3 heteroatoms. The fraction of sp³-hybridized carbons (Fsp3) is 0.857. The van der Waals surface area contributed by atoms with E-state index in [9.17, 15) is 4.79 Å². The van der Waals surface area contributed by atoms with Crippen molar-refractivity contribution in [3.05, 3.63) is 0 Å². The average Bonchev–Trinajstić information content (AvgIpc) is 1.87. The van der Waals surface area contributed by atoms with Crippen LogP contribution >= 0.6 is 0 Å². The van der Waals surface area contributed by atoms with Crippen LogP contribution in [0.2, 0.25) is 0 Å². The Kier molecular flexibility index (Phi) is 6.43. The van der Waals surface area contributed by atoms with Gasteiger partial charge in [-0.3, -0.25) is 4.79 Å². The minimum atomic E-state index is 0.0766. The molecule has 0 aliphatic heterocycles. The van der Waals surface area contributed by atoms with Crippen LogP contribution in [-0.4, -0.2) is 25.5 Å². The molecule has 3 nitrogen and oxygen atoms in total. The quantitative estimate of drug-likeness (QED) is 0.548. The first-order chi connectivity index (χ1) is 4.77. The zero-order chi connectivity index (χ0) is 7.82. The predicted molar refractivity (Wildman–Crippen MR) is 39.8 cm³/mol. The summed E-state index contributed by atoms with van der Waals surface area (Å²) in [6.07, 6.45) is 1.92. The number of carbonyl (C=O) groups is 1. The van der Waals surface area contributed by atoms with Gasteiger partial charge in [0.15, 0.2) is 5.78 Å². The molecule has 0 aromatic rings. The molecule has 0 amide bonds. The van der Waals surface area contributed by atoms with E-state index in [2.05, 4.69) is 0 Å². The molecule has 0 aliphatic rings. The largest absolute Gasteiger partial charge is 0.374 e. The van der Waals surface area contributed by atoms with E-state index in [1.54, 1.807) is 0 Å². The van der Waals surface area contributed by atoms with Gasteiger partial charge < -0.3 is 10.5 Å². The highest BCUT2D eigenvalue weighted by Gasteiger charge is 1.91. The lowest BCUT2D eigenvalue weighted by Gasteiger charge is -1.98. The van der Waals surface area contributed by atoms with Gasteiger partial charge in [0.2, 0.25) is 0 Å². The van der Waals surface area contributed by atoms with Gasteiger partial charge in [-0.15, -0.1) is 0 Å². The van der Waals surface area contributed by atoms with Gasteiger partial charge in [-0.05, 0) is 26.3 Å². The van der Waals surface area contributed by atoms with E-state index in [1.807, 2.05) is 0 Å². The van der Waals surface area contributed by atoms with E-state index in [1.165, 1.54) is 6.92 Å². The van der Waals surface area contributed by atoms with Crippen LogP contribution in [0.3, 0.4) is 0 Å². The first-order valence-electron chi connectivity index (χ1n) is 3.54. The van der Waals surface area contributed by atoms with Crippen molar-refractivity contribution >= 4 is 5.78 Å². The Morgan fingerprint density at radius 2 is 2.20 bits per heavy atom. The second-order valence-corrected chi connectivity index (χ2v) is 2.25. The van der Waals surface area contributed by atoms with Crippen LogP contribution in [0.25, 0.3) is 0 Å². The summed E-state index contributed by atoms with van der Waals surface area (Å²) in [6, 6.07) is 0. The number of Topliss-reactive ketones (excluding diaryl/α,β-unsaturated/α-hetero) is 1. The molecular formula is C7H15NO2. The molecule has 0 atom stereocenters. The maximum atomic E-state index is 10.3. The molecule has 0 bridgehead atoms. The van der Waals surface area contributed by atoms with Crippen LogP contribution in [0.4, 0.5) is 0 Å². The van der Waals surface area contributed by atoms with Crippen molar-refractivity contribution in [1.29, 1.82) is 0 Å². The van der Waals surface area contributed by atoms with Crippen molar-refractivity contribution in [3.63, 3.8) is 0 Å². The van der Waals surface area contributed by atoms with E-state index >= 15 is 0 Å². The highest BCUT2D eigenvalue weighted by molar-refractivity contribution is 5.76. The lowest BCUT2D eigenvalue weighted by atomic mass is 10.3. The summed E-state index contributed by atoms with van der Waals surface area (Å²) in [7, 11) is 0. The second kappa shape index (κ2) is 6.71. The summed E-state index contributed by atoms with van der Waals surface area (Å²) in [5.41, 5.74) is 5.25. The molecule has 0 aromatic carbocycles. The number of nitrogens with two attached hydrogens (primary N) is 1.